The molecule has 3 rings (SSSR count). The molecule has 0 aromatic heterocycles. The molecule has 0 radical (unpaired) electrons. The molecule has 2 heterocycles. The first-order valence-electron chi connectivity index (χ1n) is 10.4. The second-order valence-electron chi connectivity index (χ2n) is 8.87. The van der Waals surface area contributed by atoms with Crippen molar-refractivity contribution in [2.45, 2.75) is 57.7 Å². The van der Waals surface area contributed by atoms with E-state index in [1.807, 2.05) is 39.0 Å². The highest BCUT2D eigenvalue weighted by atomic mass is 35.5. The summed E-state index contributed by atoms with van der Waals surface area (Å²) in [5.74, 6) is 0. The van der Waals surface area contributed by atoms with Crippen LogP contribution in [0.25, 0.3) is 0 Å². The fourth-order valence-electron chi connectivity index (χ4n) is 4.04. The summed E-state index contributed by atoms with van der Waals surface area (Å²) >= 11 is 6.27. The Morgan fingerprint density at radius 3 is 2.43 bits per heavy atom. The SMILES string of the molecule is CC(C)(C)OC(=O)N1CCC(OCCN2CCCC2)(c2cccc(Cl)c2)CC1. The molecule has 0 N–H and O–H groups in total. The third-order valence-corrected chi connectivity index (χ3v) is 5.79. The molecular formula is C22H33ClN2O3. The quantitative estimate of drug-likeness (QED) is 0.709. The van der Waals surface area contributed by atoms with Crippen molar-refractivity contribution in [3.63, 3.8) is 0 Å². The van der Waals surface area contributed by atoms with E-state index in [1.165, 1.54) is 25.9 Å². The van der Waals surface area contributed by atoms with Gasteiger partial charge < -0.3 is 19.3 Å². The van der Waals surface area contributed by atoms with Crippen LogP contribution in [0.2, 0.25) is 5.02 Å². The standard InChI is InChI=1S/C22H33ClN2O3/c1-21(2,3)28-20(26)25-13-9-22(10-14-25,18-7-6-8-19(23)17-18)27-16-15-24-11-4-5-12-24/h6-8,17H,4-5,9-16H2,1-3H3. The smallest absolute Gasteiger partial charge is 0.410 e. The molecule has 6 heteroatoms. The lowest BCUT2D eigenvalue weighted by molar-refractivity contribution is -0.0936. The maximum atomic E-state index is 12.4. The Morgan fingerprint density at radius 1 is 1.14 bits per heavy atom. The molecular weight excluding hydrogens is 376 g/mol. The van der Waals surface area contributed by atoms with Gasteiger partial charge in [-0.25, -0.2) is 4.79 Å². The largest absolute Gasteiger partial charge is 0.444 e. The number of nitrogens with zero attached hydrogens (tertiary/aromatic N) is 2. The van der Waals surface area contributed by atoms with Crippen LogP contribution in [-0.4, -0.2) is 60.8 Å². The Bertz CT molecular complexity index is 660. The predicted octanol–water partition coefficient (Wildman–Crippen LogP) is 4.68. The van der Waals surface area contributed by atoms with Gasteiger partial charge in [0, 0.05) is 24.7 Å². The number of benzene rings is 1. The van der Waals surface area contributed by atoms with Crippen LogP contribution in [0.4, 0.5) is 4.79 Å². The zero-order valence-corrected chi connectivity index (χ0v) is 18.1. The number of amides is 1. The van der Waals surface area contributed by atoms with E-state index in [-0.39, 0.29) is 6.09 Å². The first-order chi connectivity index (χ1) is 13.3. The average Bonchev–Trinajstić information content (AvgIpc) is 3.14. The second-order valence-corrected chi connectivity index (χ2v) is 9.31. The van der Waals surface area contributed by atoms with E-state index in [1.54, 1.807) is 4.90 Å². The lowest BCUT2D eigenvalue weighted by Gasteiger charge is -2.42. The Kier molecular flexibility index (Phi) is 6.89. The fraction of sp³-hybridized carbons (Fsp3) is 0.682. The van der Waals surface area contributed by atoms with E-state index in [4.69, 9.17) is 21.1 Å². The fourth-order valence-corrected chi connectivity index (χ4v) is 4.23. The monoisotopic (exact) mass is 408 g/mol. The summed E-state index contributed by atoms with van der Waals surface area (Å²) in [6.07, 6.45) is 3.80. The molecule has 0 bridgehead atoms. The van der Waals surface area contributed by atoms with Crippen LogP contribution in [0, 0.1) is 0 Å². The molecule has 1 amide bonds. The first kappa shape index (κ1) is 21.4. The number of ether oxygens (including phenoxy) is 2. The van der Waals surface area contributed by atoms with Crippen molar-refractivity contribution in [2.75, 3.05) is 39.3 Å². The van der Waals surface area contributed by atoms with E-state index >= 15 is 0 Å². The summed E-state index contributed by atoms with van der Waals surface area (Å²) < 4.78 is 12.1. The minimum Gasteiger partial charge on any atom is -0.444 e. The summed E-state index contributed by atoms with van der Waals surface area (Å²) in [4.78, 5) is 16.7. The number of piperidine rings is 1. The number of halogens is 1. The second kappa shape index (κ2) is 9.02. The normalized spacial score (nSPS) is 20.4. The minimum absolute atomic E-state index is 0.246. The molecule has 28 heavy (non-hydrogen) atoms. The third kappa shape index (κ3) is 5.62. The van der Waals surface area contributed by atoms with Crippen molar-refractivity contribution in [3.05, 3.63) is 34.9 Å². The summed E-state index contributed by atoms with van der Waals surface area (Å²) in [5, 5.41) is 0.717. The van der Waals surface area contributed by atoms with E-state index in [0.29, 0.717) is 19.7 Å². The van der Waals surface area contributed by atoms with Gasteiger partial charge in [0.1, 0.15) is 5.60 Å². The highest BCUT2D eigenvalue weighted by Gasteiger charge is 2.39. The Morgan fingerprint density at radius 2 is 1.82 bits per heavy atom. The van der Waals surface area contributed by atoms with E-state index < -0.39 is 11.2 Å². The van der Waals surface area contributed by atoms with Crippen molar-refractivity contribution < 1.29 is 14.3 Å². The lowest BCUT2D eigenvalue weighted by Crippen LogP contribution is -2.48. The lowest BCUT2D eigenvalue weighted by atomic mass is 9.84. The maximum absolute atomic E-state index is 12.4. The van der Waals surface area contributed by atoms with Crippen LogP contribution in [0.3, 0.4) is 0 Å². The van der Waals surface area contributed by atoms with Crippen molar-refractivity contribution in [1.29, 1.82) is 0 Å². The van der Waals surface area contributed by atoms with Gasteiger partial charge in [0.25, 0.3) is 0 Å². The molecule has 156 valence electrons. The van der Waals surface area contributed by atoms with E-state index in [9.17, 15) is 4.79 Å². The number of likely N-dealkylation sites (tertiary alicyclic amines) is 2. The van der Waals surface area contributed by atoms with Gasteiger partial charge in [-0.1, -0.05) is 23.7 Å². The van der Waals surface area contributed by atoms with Crippen LogP contribution in [-0.2, 0) is 15.1 Å². The molecule has 1 aromatic rings. The zero-order chi connectivity index (χ0) is 20.2. The Balaban J connectivity index is 1.67. The first-order valence-corrected chi connectivity index (χ1v) is 10.8. The van der Waals surface area contributed by atoms with Gasteiger partial charge in [0.05, 0.1) is 12.2 Å². The van der Waals surface area contributed by atoms with Crippen LogP contribution in [0.5, 0.6) is 0 Å². The van der Waals surface area contributed by atoms with Gasteiger partial charge in [0.2, 0.25) is 0 Å². The van der Waals surface area contributed by atoms with Gasteiger partial charge in [-0.2, -0.15) is 0 Å². The van der Waals surface area contributed by atoms with Crippen molar-refractivity contribution in [1.82, 2.24) is 9.80 Å². The summed E-state index contributed by atoms with van der Waals surface area (Å²) in [5.41, 5.74) is 0.221. The molecule has 2 aliphatic rings. The maximum Gasteiger partial charge on any atom is 0.410 e. The highest BCUT2D eigenvalue weighted by Crippen LogP contribution is 2.38. The van der Waals surface area contributed by atoms with Gasteiger partial charge in [-0.15, -0.1) is 0 Å². The number of hydrogen-bond acceptors (Lipinski definition) is 4. The van der Waals surface area contributed by atoms with Crippen LogP contribution in [0.15, 0.2) is 24.3 Å². The molecule has 1 aromatic carbocycles. The van der Waals surface area contributed by atoms with Gasteiger partial charge in [0.15, 0.2) is 0 Å². The number of carbonyl (C=O) groups is 1. The van der Waals surface area contributed by atoms with Crippen LogP contribution < -0.4 is 0 Å². The van der Waals surface area contributed by atoms with Crippen molar-refractivity contribution in [3.8, 4) is 0 Å². The van der Waals surface area contributed by atoms with Crippen LogP contribution >= 0.6 is 11.6 Å². The molecule has 0 spiro atoms. The Labute approximate surface area is 173 Å². The molecule has 0 unspecified atom stereocenters. The minimum atomic E-state index is -0.481. The Hall–Kier alpha value is -1.30. The van der Waals surface area contributed by atoms with Gasteiger partial charge in [-0.05, 0) is 77.2 Å². The average molecular weight is 409 g/mol. The van der Waals surface area contributed by atoms with Crippen LogP contribution in [0.1, 0.15) is 52.0 Å². The molecule has 2 saturated heterocycles. The molecule has 2 fully saturated rings. The third-order valence-electron chi connectivity index (χ3n) is 5.56. The molecule has 0 aliphatic carbocycles. The van der Waals surface area contributed by atoms with Gasteiger partial charge in [-0.3, -0.25) is 0 Å². The van der Waals surface area contributed by atoms with Gasteiger partial charge >= 0.3 is 6.09 Å². The summed E-state index contributed by atoms with van der Waals surface area (Å²) in [7, 11) is 0. The molecule has 5 nitrogen and oxygen atoms in total. The molecule has 2 aliphatic heterocycles. The van der Waals surface area contributed by atoms with Crippen molar-refractivity contribution >= 4 is 17.7 Å². The number of hydrogen-bond donors (Lipinski definition) is 0. The molecule has 0 atom stereocenters. The van der Waals surface area contributed by atoms with E-state index in [0.717, 1.165) is 30.0 Å². The predicted molar refractivity (Wildman–Crippen MR) is 112 cm³/mol. The van der Waals surface area contributed by atoms with Crippen molar-refractivity contribution in [2.24, 2.45) is 0 Å². The number of rotatable bonds is 5. The van der Waals surface area contributed by atoms with E-state index in [2.05, 4.69) is 11.0 Å². The highest BCUT2D eigenvalue weighted by molar-refractivity contribution is 6.30. The molecule has 0 saturated carbocycles. The number of carbonyl (C=O) groups excluding carboxylic acids is 1. The summed E-state index contributed by atoms with van der Waals surface area (Å²) in [6.45, 7) is 10.9. The zero-order valence-electron chi connectivity index (χ0n) is 17.4. The topological polar surface area (TPSA) is 42.0 Å². The summed E-state index contributed by atoms with van der Waals surface area (Å²) in [6, 6.07) is 7.95.